The van der Waals surface area contributed by atoms with Gasteiger partial charge >= 0.3 is 0 Å². The summed E-state index contributed by atoms with van der Waals surface area (Å²) in [6, 6.07) is 8.25. The molecule has 24 heavy (non-hydrogen) atoms. The van der Waals surface area contributed by atoms with E-state index in [1.165, 1.54) is 25.1 Å². The van der Waals surface area contributed by atoms with Gasteiger partial charge in [0, 0.05) is 37.6 Å². The van der Waals surface area contributed by atoms with E-state index in [2.05, 4.69) is 41.3 Å². The molecular formula is C19H29N3O2. The summed E-state index contributed by atoms with van der Waals surface area (Å²) < 4.78 is 5.28. The van der Waals surface area contributed by atoms with Crippen molar-refractivity contribution < 1.29 is 9.53 Å². The van der Waals surface area contributed by atoms with Crippen LogP contribution in [0.15, 0.2) is 24.3 Å². The fourth-order valence-electron chi connectivity index (χ4n) is 3.63. The van der Waals surface area contributed by atoms with Crippen molar-refractivity contribution in [3.63, 3.8) is 0 Å². The van der Waals surface area contributed by atoms with Gasteiger partial charge in [-0.25, -0.2) is 0 Å². The van der Waals surface area contributed by atoms with E-state index in [1.54, 1.807) is 0 Å². The zero-order valence-electron chi connectivity index (χ0n) is 14.8. The van der Waals surface area contributed by atoms with E-state index in [-0.39, 0.29) is 11.8 Å². The molecule has 0 spiro atoms. The Morgan fingerprint density at radius 1 is 1.21 bits per heavy atom. The van der Waals surface area contributed by atoms with Crippen molar-refractivity contribution in [2.75, 3.05) is 57.2 Å². The number of nitrogens with one attached hydrogen (secondary N) is 1. The quantitative estimate of drug-likeness (QED) is 0.900. The smallest absolute Gasteiger partial charge is 0.229 e. The third-order valence-corrected chi connectivity index (χ3v) is 5.04. The molecule has 1 atom stereocenters. The van der Waals surface area contributed by atoms with Crippen LogP contribution in [0.4, 0.5) is 11.4 Å². The molecule has 3 rings (SSSR count). The number of hydrogen-bond acceptors (Lipinski definition) is 4. The van der Waals surface area contributed by atoms with Gasteiger partial charge in [-0.2, -0.15) is 0 Å². The monoisotopic (exact) mass is 331 g/mol. The van der Waals surface area contributed by atoms with Crippen LogP contribution in [0.5, 0.6) is 0 Å². The molecule has 0 unspecified atom stereocenters. The molecule has 2 aliphatic rings. The van der Waals surface area contributed by atoms with Crippen LogP contribution in [0.3, 0.4) is 0 Å². The number of rotatable bonds is 5. The second-order valence-corrected chi connectivity index (χ2v) is 7.29. The first-order valence-corrected chi connectivity index (χ1v) is 9.00. The molecule has 5 heteroatoms. The summed E-state index contributed by atoms with van der Waals surface area (Å²) in [4.78, 5) is 16.9. The number of piperidine rings is 1. The predicted octanol–water partition coefficient (Wildman–Crippen LogP) is 2.44. The first-order valence-electron chi connectivity index (χ1n) is 9.00. The largest absolute Gasteiger partial charge is 0.381 e. The summed E-state index contributed by atoms with van der Waals surface area (Å²) >= 11 is 0. The van der Waals surface area contributed by atoms with Crippen LogP contribution in [-0.4, -0.2) is 57.8 Å². The molecule has 1 N–H and O–H groups in total. The van der Waals surface area contributed by atoms with E-state index in [4.69, 9.17) is 4.74 Å². The lowest BCUT2D eigenvalue weighted by Crippen LogP contribution is -2.37. The highest BCUT2D eigenvalue weighted by molar-refractivity contribution is 5.92. The SMILES string of the molecule is CN(C)CC1CCN(c2ccc(NC(=O)[C@H]3CCOC3)cc2)CC1. The maximum absolute atomic E-state index is 12.1. The van der Waals surface area contributed by atoms with Gasteiger partial charge in [0.25, 0.3) is 0 Å². The number of ether oxygens (including phenoxy) is 1. The third-order valence-electron chi connectivity index (χ3n) is 5.04. The summed E-state index contributed by atoms with van der Waals surface area (Å²) in [5, 5.41) is 3.00. The molecule has 2 aliphatic heterocycles. The third kappa shape index (κ3) is 4.48. The average molecular weight is 331 g/mol. The highest BCUT2D eigenvalue weighted by atomic mass is 16.5. The average Bonchev–Trinajstić information content (AvgIpc) is 3.10. The maximum Gasteiger partial charge on any atom is 0.229 e. The van der Waals surface area contributed by atoms with E-state index in [1.807, 2.05) is 12.1 Å². The standard InChI is InChI=1S/C19H29N3O2/c1-21(2)13-15-7-10-22(11-8-15)18-5-3-17(4-6-18)20-19(23)16-9-12-24-14-16/h3-6,15-16H,7-14H2,1-2H3,(H,20,23)/t16-/m0/s1. The van der Waals surface area contributed by atoms with Crippen LogP contribution in [-0.2, 0) is 9.53 Å². The van der Waals surface area contributed by atoms with Crippen LogP contribution in [0.2, 0.25) is 0 Å². The van der Waals surface area contributed by atoms with Crippen molar-refractivity contribution in [1.82, 2.24) is 4.90 Å². The maximum atomic E-state index is 12.1. The lowest BCUT2D eigenvalue weighted by atomic mass is 9.96. The van der Waals surface area contributed by atoms with Crippen molar-refractivity contribution in [3.05, 3.63) is 24.3 Å². The Labute approximate surface area is 145 Å². The Kier molecular flexibility index (Phi) is 5.74. The Balaban J connectivity index is 1.50. The van der Waals surface area contributed by atoms with Gasteiger partial charge in [0.1, 0.15) is 0 Å². The van der Waals surface area contributed by atoms with E-state index in [0.717, 1.165) is 31.1 Å². The highest BCUT2D eigenvalue weighted by Crippen LogP contribution is 2.25. The molecule has 0 bridgehead atoms. The minimum Gasteiger partial charge on any atom is -0.381 e. The van der Waals surface area contributed by atoms with Gasteiger partial charge < -0.3 is 19.9 Å². The second kappa shape index (κ2) is 7.99. The van der Waals surface area contributed by atoms with Crippen LogP contribution in [0.25, 0.3) is 0 Å². The number of benzene rings is 1. The van der Waals surface area contributed by atoms with Gasteiger partial charge in [-0.05, 0) is 63.5 Å². The molecule has 0 saturated carbocycles. The van der Waals surface area contributed by atoms with Crippen molar-refractivity contribution in [1.29, 1.82) is 0 Å². The van der Waals surface area contributed by atoms with Gasteiger partial charge in [-0.1, -0.05) is 0 Å². The lowest BCUT2D eigenvalue weighted by Gasteiger charge is -2.34. The molecule has 0 radical (unpaired) electrons. The van der Waals surface area contributed by atoms with Crippen LogP contribution in [0, 0.1) is 11.8 Å². The summed E-state index contributed by atoms with van der Waals surface area (Å²) in [7, 11) is 4.30. The normalized spacial score (nSPS) is 22.1. The molecule has 2 fully saturated rings. The van der Waals surface area contributed by atoms with Crippen LogP contribution < -0.4 is 10.2 Å². The summed E-state index contributed by atoms with van der Waals surface area (Å²) in [5.41, 5.74) is 2.12. The fourth-order valence-corrected chi connectivity index (χ4v) is 3.63. The molecule has 2 saturated heterocycles. The zero-order valence-corrected chi connectivity index (χ0v) is 14.8. The van der Waals surface area contributed by atoms with Crippen molar-refractivity contribution in [3.8, 4) is 0 Å². The van der Waals surface area contributed by atoms with Gasteiger partial charge in [0.2, 0.25) is 5.91 Å². The Morgan fingerprint density at radius 3 is 2.50 bits per heavy atom. The molecule has 0 aliphatic carbocycles. The number of nitrogens with zero attached hydrogens (tertiary/aromatic N) is 2. The molecule has 0 aromatic heterocycles. The first kappa shape index (κ1) is 17.2. The van der Waals surface area contributed by atoms with E-state index in [0.29, 0.717) is 13.2 Å². The molecule has 1 amide bonds. The first-order chi connectivity index (χ1) is 11.6. The summed E-state index contributed by atoms with van der Waals surface area (Å²) in [5.74, 6) is 0.883. The summed E-state index contributed by atoms with van der Waals surface area (Å²) in [6.07, 6.45) is 3.32. The molecule has 2 heterocycles. The molecule has 1 aromatic rings. The predicted molar refractivity (Wildman–Crippen MR) is 97.5 cm³/mol. The van der Waals surface area contributed by atoms with Gasteiger partial charge in [0.05, 0.1) is 12.5 Å². The topological polar surface area (TPSA) is 44.8 Å². The van der Waals surface area contributed by atoms with E-state index < -0.39 is 0 Å². The van der Waals surface area contributed by atoms with Crippen molar-refractivity contribution in [2.45, 2.75) is 19.3 Å². The van der Waals surface area contributed by atoms with Gasteiger partial charge in [-0.15, -0.1) is 0 Å². The Morgan fingerprint density at radius 2 is 1.92 bits per heavy atom. The van der Waals surface area contributed by atoms with E-state index >= 15 is 0 Å². The molecule has 5 nitrogen and oxygen atoms in total. The second-order valence-electron chi connectivity index (χ2n) is 7.29. The van der Waals surface area contributed by atoms with Gasteiger partial charge in [-0.3, -0.25) is 4.79 Å². The molecular weight excluding hydrogens is 302 g/mol. The Bertz CT molecular complexity index is 530. The number of anilines is 2. The highest BCUT2D eigenvalue weighted by Gasteiger charge is 2.23. The number of carbonyl (C=O) groups excluding carboxylic acids is 1. The van der Waals surface area contributed by atoms with Gasteiger partial charge in [0.15, 0.2) is 0 Å². The molecule has 132 valence electrons. The fraction of sp³-hybridized carbons (Fsp3) is 0.632. The minimum absolute atomic E-state index is 0.000372. The number of carbonyl (C=O) groups is 1. The number of amides is 1. The van der Waals surface area contributed by atoms with Crippen molar-refractivity contribution in [2.24, 2.45) is 11.8 Å². The van der Waals surface area contributed by atoms with Crippen molar-refractivity contribution >= 4 is 17.3 Å². The number of hydrogen-bond donors (Lipinski definition) is 1. The van der Waals surface area contributed by atoms with Crippen LogP contribution >= 0.6 is 0 Å². The summed E-state index contributed by atoms with van der Waals surface area (Å²) in [6.45, 7) is 4.66. The van der Waals surface area contributed by atoms with Crippen LogP contribution in [0.1, 0.15) is 19.3 Å². The Hall–Kier alpha value is -1.59. The minimum atomic E-state index is 0.000372. The zero-order chi connectivity index (χ0) is 16.9. The molecule has 1 aromatic carbocycles. The lowest BCUT2D eigenvalue weighted by molar-refractivity contribution is -0.119. The van der Waals surface area contributed by atoms with E-state index in [9.17, 15) is 4.79 Å².